The molecule has 0 unspecified atom stereocenters. The zero-order valence-electron chi connectivity index (χ0n) is 11.2. The molecule has 0 heterocycles. The maximum Gasteiger partial charge on any atom is 0.406 e. The lowest BCUT2D eigenvalue weighted by Crippen LogP contribution is -2.40. The van der Waals surface area contributed by atoms with E-state index in [1.165, 1.54) is 19.2 Å². The highest BCUT2D eigenvalue weighted by atomic mass is 19.4. The molecule has 0 atom stereocenters. The van der Waals surface area contributed by atoms with Crippen LogP contribution < -0.4 is 4.74 Å². The van der Waals surface area contributed by atoms with Gasteiger partial charge in [-0.1, -0.05) is 6.07 Å². The Kier molecular flexibility index (Phi) is 5.38. The molecule has 1 amide bonds. The van der Waals surface area contributed by atoms with Gasteiger partial charge in [-0.05, 0) is 24.6 Å². The lowest BCUT2D eigenvalue weighted by atomic mass is 10.1. The second-order valence-electron chi connectivity index (χ2n) is 4.25. The van der Waals surface area contributed by atoms with Crippen LogP contribution in [-0.4, -0.2) is 48.9 Å². The number of carbonyl (C=O) groups is 1. The second kappa shape index (κ2) is 6.60. The van der Waals surface area contributed by atoms with E-state index in [-0.39, 0.29) is 12.1 Å². The fourth-order valence-electron chi connectivity index (χ4n) is 1.73. The number of aliphatic hydroxyl groups excluding tert-OH is 1. The van der Waals surface area contributed by atoms with Gasteiger partial charge < -0.3 is 14.7 Å². The summed E-state index contributed by atoms with van der Waals surface area (Å²) in [7, 11) is 1.41. The van der Waals surface area contributed by atoms with E-state index >= 15 is 0 Å². The average Bonchev–Trinajstić information content (AvgIpc) is 2.36. The summed E-state index contributed by atoms with van der Waals surface area (Å²) < 4.78 is 42.3. The van der Waals surface area contributed by atoms with Gasteiger partial charge >= 0.3 is 6.18 Å². The number of alkyl halides is 3. The molecule has 0 saturated heterocycles. The zero-order valence-corrected chi connectivity index (χ0v) is 11.2. The number of rotatable bonds is 5. The van der Waals surface area contributed by atoms with Crippen molar-refractivity contribution in [2.24, 2.45) is 0 Å². The molecule has 0 radical (unpaired) electrons. The predicted molar refractivity (Wildman–Crippen MR) is 66.8 cm³/mol. The standard InChI is InChI=1S/C13H16F3NO3/c1-9-3-4-10(7-11(9)20-2)12(19)17(5-6-18)8-13(14,15)16/h3-4,7,18H,5-6,8H2,1-2H3. The third-order valence-corrected chi connectivity index (χ3v) is 2.68. The van der Waals surface area contributed by atoms with Gasteiger partial charge in [-0.3, -0.25) is 4.79 Å². The first kappa shape index (κ1) is 16.3. The van der Waals surface area contributed by atoms with Gasteiger partial charge in [0.15, 0.2) is 0 Å². The van der Waals surface area contributed by atoms with Gasteiger partial charge in [0.25, 0.3) is 5.91 Å². The quantitative estimate of drug-likeness (QED) is 0.902. The number of nitrogens with zero attached hydrogens (tertiary/aromatic N) is 1. The highest BCUT2D eigenvalue weighted by Crippen LogP contribution is 2.22. The van der Waals surface area contributed by atoms with Crippen molar-refractivity contribution in [1.29, 1.82) is 0 Å². The number of benzene rings is 1. The number of amides is 1. The third-order valence-electron chi connectivity index (χ3n) is 2.68. The molecule has 4 nitrogen and oxygen atoms in total. The van der Waals surface area contributed by atoms with Crippen LogP contribution in [0.25, 0.3) is 0 Å². The van der Waals surface area contributed by atoms with Crippen LogP contribution >= 0.6 is 0 Å². The number of aliphatic hydroxyl groups is 1. The van der Waals surface area contributed by atoms with Gasteiger partial charge in [0.05, 0.1) is 13.7 Å². The van der Waals surface area contributed by atoms with Crippen molar-refractivity contribution in [2.45, 2.75) is 13.1 Å². The smallest absolute Gasteiger partial charge is 0.406 e. The molecular weight excluding hydrogens is 275 g/mol. The topological polar surface area (TPSA) is 49.8 Å². The Morgan fingerprint density at radius 1 is 1.40 bits per heavy atom. The summed E-state index contributed by atoms with van der Waals surface area (Å²) in [5, 5.41) is 8.79. The Morgan fingerprint density at radius 2 is 2.05 bits per heavy atom. The van der Waals surface area contributed by atoms with E-state index in [0.717, 1.165) is 5.56 Å². The minimum Gasteiger partial charge on any atom is -0.496 e. The molecule has 20 heavy (non-hydrogen) atoms. The molecular formula is C13H16F3NO3. The molecule has 0 fully saturated rings. The van der Waals surface area contributed by atoms with Crippen molar-refractivity contribution in [1.82, 2.24) is 4.90 Å². The Bertz CT molecular complexity index is 474. The maximum absolute atomic E-state index is 12.4. The van der Waals surface area contributed by atoms with Gasteiger partial charge in [0.2, 0.25) is 0 Å². The summed E-state index contributed by atoms with van der Waals surface area (Å²) in [6.07, 6.45) is -4.51. The summed E-state index contributed by atoms with van der Waals surface area (Å²) in [5.74, 6) is -0.374. The third kappa shape index (κ3) is 4.41. The summed E-state index contributed by atoms with van der Waals surface area (Å²) in [6, 6.07) is 4.41. The Balaban J connectivity index is 3.00. The molecule has 0 aliphatic heterocycles. The maximum atomic E-state index is 12.4. The van der Waals surface area contributed by atoms with E-state index in [1.54, 1.807) is 13.0 Å². The second-order valence-corrected chi connectivity index (χ2v) is 4.25. The first-order chi connectivity index (χ1) is 9.28. The summed E-state index contributed by atoms with van der Waals surface area (Å²) in [6.45, 7) is -0.559. The fourth-order valence-corrected chi connectivity index (χ4v) is 1.73. The number of aryl methyl sites for hydroxylation is 1. The molecule has 7 heteroatoms. The molecule has 1 aromatic carbocycles. The van der Waals surface area contributed by atoms with Crippen LogP contribution in [0.4, 0.5) is 13.2 Å². The van der Waals surface area contributed by atoms with Gasteiger partial charge in [0, 0.05) is 12.1 Å². The van der Waals surface area contributed by atoms with E-state index in [1.807, 2.05) is 0 Å². The highest BCUT2D eigenvalue weighted by Gasteiger charge is 2.33. The largest absolute Gasteiger partial charge is 0.496 e. The summed E-state index contributed by atoms with van der Waals surface area (Å²) in [4.78, 5) is 12.6. The van der Waals surface area contributed by atoms with Crippen LogP contribution in [0.1, 0.15) is 15.9 Å². The normalized spacial score (nSPS) is 11.3. The van der Waals surface area contributed by atoms with Gasteiger partial charge in [-0.15, -0.1) is 0 Å². The minimum atomic E-state index is -4.51. The number of methoxy groups -OCH3 is 1. The Labute approximate surface area is 114 Å². The summed E-state index contributed by atoms with van der Waals surface area (Å²) in [5.41, 5.74) is 0.860. The molecule has 0 aromatic heterocycles. The van der Waals surface area contributed by atoms with Crippen molar-refractivity contribution in [2.75, 3.05) is 26.8 Å². The zero-order chi connectivity index (χ0) is 15.3. The molecule has 112 valence electrons. The monoisotopic (exact) mass is 291 g/mol. The van der Waals surface area contributed by atoms with Crippen LogP contribution in [0.15, 0.2) is 18.2 Å². The molecule has 0 aliphatic rings. The first-order valence-electron chi connectivity index (χ1n) is 5.90. The van der Waals surface area contributed by atoms with E-state index < -0.39 is 25.2 Å². The number of ether oxygens (including phenoxy) is 1. The molecule has 0 saturated carbocycles. The fraction of sp³-hybridized carbons (Fsp3) is 0.462. The lowest BCUT2D eigenvalue weighted by molar-refractivity contribution is -0.141. The van der Waals surface area contributed by atoms with Crippen LogP contribution in [0, 0.1) is 6.92 Å². The Morgan fingerprint density at radius 3 is 2.55 bits per heavy atom. The van der Waals surface area contributed by atoms with Crippen LogP contribution in [0.3, 0.4) is 0 Å². The van der Waals surface area contributed by atoms with E-state index in [2.05, 4.69) is 0 Å². The summed E-state index contributed by atoms with van der Waals surface area (Å²) >= 11 is 0. The average molecular weight is 291 g/mol. The molecule has 1 aromatic rings. The van der Waals surface area contributed by atoms with E-state index in [4.69, 9.17) is 9.84 Å². The predicted octanol–water partition coefficient (Wildman–Crippen LogP) is 2.00. The van der Waals surface area contributed by atoms with Gasteiger partial charge in [-0.25, -0.2) is 0 Å². The lowest BCUT2D eigenvalue weighted by Gasteiger charge is -2.23. The van der Waals surface area contributed by atoms with Crippen molar-refractivity contribution in [3.63, 3.8) is 0 Å². The van der Waals surface area contributed by atoms with Crippen LogP contribution in [-0.2, 0) is 0 Å². The van der Waals surface area contributed by atoms with Crippen LogP contribution in [0.2, 0.25) is 0 Å². The number of hydrogen-bond donors (Lipinski definition) is 1. The van der Waals surface area contributed by atoms with E-state index in [0.29, 0.717) is 10.6 Å². The van der Waals surface area contributed by atoms with Crippen LogP contribution in [0.5, 0.6) is 5.75 Å². The molecule has 0 bridgehead atoms. The van der Waals surface area contributed by atoms with Crippen molar-refractivity contribution in [3.05, 3.63) is 29.3 Å². The number of hydrogen-bond acceptors (Lipinski definition) is 3. The molecule has 0 aliphatic carbocycles. The Hall–Kier alpha value is -1.76. The number of halogens is 3. The molecule has 1 rings (SSSR count). The van der Waals surface area contributed by atoms with Gasteiger partial charge in [0.1, 0.15) is 12.3 Å². The first-order valence-corrected chi connectivity index (χ1v) is 5.90. The highest BCUT2D eigenvalue weighted by molar-refractivity contribution is 5.94. The molecule has 0 spiro atoms. The van der Waals surface area contributed by atoms with E-state index in [9.17, 15) is 18.0 Å². The van der Waals surface area contributed by atoms with Crippen molar-refractivity contribution < 1.29 is 27.8 Å². The van der Waals surface area contributed by atoms with Crippen molar-refractivity contribution in [3.8, 4) is 5.75 Å². The van der Waals surface area contributed by atoms with Crippen molar-refractivity contribution >= 4 is 5.91 Å². The molecule has 1 N–H and O–H groups in total. The SMILES string of the molecule is COc1cc(C(=O)N(CCO)CC(F)(F)F)ccc1C. The van der Waals surface area contributed by atoms with Gasteiger partial charge in [-0.2, -0.15) is 13.2 Å². The number of carbonyl (C=O) groups excluding carboxylic acids is 1. The minimum absolute atomic E-state index is 0.0881.